The summed E-state index contributed by atoms with van der Waals surface area (Å²) < 4.78 is 8.03. The Morgan fingerprint density at radius 1 is 0.328 bits per heavy atom. The molecule has 0 aliphatic carbocycles. The first-order valence-electron chi connectivity index (χ1n) is 23.0. The quantitative estimate of drug-likeness (QED) is 0.151. The molecule has 0 saturated carbocycles. The van der Waals surface area contributed by atoms with E-state index in [-0.39, 0.29) is 0 Å². The first kappa shape index (κ1) is 42.5. The molecule has 0 radical (unpaired) electrons. The Morgan fingerprint density at radius 2 is 0.552 bits per heavy atom. The Balaban J connectivity index is 0.000000576. The van der Waals surface area contributed by atoms with Crippen LogP contribution in [0.5, 0.6) is 0 Å². The van der Waals surface area contributed by atoms with Gasteiger partial charge in [-0.15, -0.1) is 34.0 Å². The Kier molecular flexibility index (Phi) is 11.4. The Labute approximate surface area is 404 Å². The standard InChI is InChI=1S/C56H32S3.C5H8.C3H8/c1-3-31-51-41(13-1)47-27-9-23-43(53(47)57-51)37-19-5-17-35-33(37)15-7-21-39(35)45-25-11-29-49-50-30-12-26-46(56(50)59-55(45)49)40-22-8-16-34-36(40)18-6-20-38(34)44-24-10-28-48-42-14-2-4-32-52(42)58-54(44)48;1-4-5(2)3;1-3-2/h1-32H;4H,1-2H2,3H3;3H2,1-2H3. The minimum Gasteiger partial charge on any atom is -0.135 e. The fraction of sp³-hybridized carbons (Fsp3) is 0.0625. The molecule has 13 aromatic rings. The number of fused-ring (bicyclic) bond motifs is 11. The van der Waals surface area contributed by atoms with Gasteiger partial charge in [-0.25, -0.2) is 0 Å². The summed E-state index contributed by atoms with van der Waals surface area (Å²) in [7, 11) is 0. The van der Waals surface area contributed by atoms with Crippen LogP contribution in [0.2, 0.25) is 0 Å². The summed E-state index contributed by atoms with van der Waals surface area (Å²) in [5, 5.41) is 13.1. The summed E-state index contributed by atoms with van der Waals surface area (Å²) in [6, 6.07) is 72.4. The summed E-state index contributed by atoms with van der Waals surface area (Å²) in [4.78, 5) is 0. The second-order valence-corrected chi connectivity index (χ2v) is 20.3. The molecule has 3 aromatic heterocycles. The van der Waals surface area contributed by atoms with E-state index in [1.807, 2.05) is 40.9 Å². The van der Waals surface area contributed by atoms with Crippen LogP contribution in [0.25, 0.3) is 127 Å². The zero-order valence-electron chi connectivity index (χ0n) is 37.9. The van der Waals surface area contributed by atoms with E-state index in [0.29, 0.717) is 0 Å². The van der Waals surface area contributed by atoms with Crippen LogP contribution in [0.1, 0.15) is 27.2 Å². The molecule has 0 amide bonds. The molecule has 0 fully saturated rings. The molecule has 13 rings (SSSR count). The lowest BCUT2D eigenvalue weighted by molar-refractivity contribution is 1.09. The number of benzene rings is 10. The van der Waals surface area contributed by atoms with Gasteiger partial charge in [-0.2, -0.15) is 0 Å². The summed E-state index contributed by atoms with van der Waals surface area (Å²) in [6.45, 7) is 13.2. The zero-order valence-corrected chi connectivity index (χ0v) is 40.3. The third-order valence-electron chi connectivity index (χ3n) is 12.7. The van der Waals surface area contributed by atoms with E-state index in [2.05, 4.69) is 221 Å². The first-order valence-corrected chi connectivity index (χ1v) is 25.5. The number of allylic oxidation sites excluding steroid dienone is 2. The SMILES string of the molecule is C=CC(=C)C.CCC.c1ccc2c(c1)sc1c(-c3cccc4c(-c5cccc6c5sc5c(-c7cccc8c(-c9cccc%10c9sc9ccccc9%10)cccc78)cccc56)cccc34)cccc12. The molecule has 0 aliphatic rings. The topological polar surface area (TPSA) is 0 Å². The van der Waals surface area contributed by atoms with Crippen LogP contribution in [0.4, 0.5) is 0 Å². The lowest BCUT2D eigenvalue weighted by atomic mass is 9.91. The van der Waals surface area contributed by atoms with Crippen LogP contribution >= 0.6 is 34.0 Å². The van der Waals surface area contributed by atoms with Crippen molar-refractivity contribution >= 4 is 116 Å². The van der Waals surface area contributed by atoms with Gasteiger partial charge in [-0.05, 0) is 62.9 Å². The highest BCUT2D eigenvalue weighted by atomic mass is 32.1. The van der Waals surface area contributed by atoms with Crippen LogP contribution in [-0.4, -0.2) is 0 Å². The van der Waals surface area contributed by atoms with Gasteiger partial charge < -0.3 is 0 Å². The van der Waals surface area contributed by atoms with E-state index < -0.39 is 0 Å². The lowest BCUT2D eigenvalue weighted by Crippen LogP contribution is -1.86. The average Bonchev–Trinajstić information content (AvgIpc) is 4.08. The molecule has 0 bridgehead atoms. The van der Waals surface area contributed by atoms with Gasteiger partial charge in [0.1, 0.15) is 0 Å². The molecule has 67 heavy (non-hydrogen) atoms. The molecule has 0 aliphatic heterocycles. The van der Waals surface area contributed by atoms with Crippen LogP contribution in [0, 0.1) is 0 Å². The summed E-state index contributed by atoms with van der Waals surface area (Å²) in [5.74, 6) is 0. The van der Waals surface area contributed by atoms with E-state index in [9.17, 15) is 0 Å². The summed E-state index contributed by atoms with van der Waals surface area (Å²) in [5.41, 5.74) is 11.3. The largest absolute Gasteiger partial charge is 0.135 e. The van der Waals surface area contributed by atoms with E-state index in [0.717, 1.165) is 5.57 Å². The van der Waals surface area contributed by atoms with Gasteiger partial charge in [-0.3, -0.25) is 0 Å². The van der Waals surface area contributed by atoms with Crippen LogP contribution in [0.3, 0.4) is 0 Å². The summed E-state index contributed by atoms with van der Waals surface area (Å²) in [6.07, 6.45) is 2.97. The number of hydrogen-bond donors (Lipinski definition) is 0. The van der Waals surface area contributed by atoms with Crippen molar-refractivity contribution in [3.05, 3.63) is 219 Å². The van der Waals surface area contributed by atoms with E-state index in [1.54, 1.807) is 6.08 Å². The summed E-state index contributed by atoms with van der Waals surface area (Å²) >= 11 is 5.73. The smallest absolute Gasteiger partial charge is 0.0434 e. The van der Waals surface area contributed by atoms with Crippen molar-refractivity contribution < 1.29 is 0 Å². The van der Waals surface area contributed by atoms with Crippen molar-refractivity contribution in [1.29, 1.82) is 0 Å². The van der Waals surface area contributed by atoms with Crippen molar-refractivity contribution in [1.82, 2.24) is 0 Å². The van der Waals surface area contributed by atoms with Crippen molar-refractivity contribution in [2.45, 2.75) is 27.2 Å². The second kappa shape index (κ2) is 17.9. The van der Waals surface area contributed by atoms with E-state index in [1.165, 1.54) is 133 Å². The molecule has 3 heteroatoms. The molecule has 0 nitrogen and oxygen atoms in total. The molecule has 0 spiro atoms. The van der Waals surface area contributed by atoms with Crippen molar-refractivity contribution in [3.63, 3.8) is 0 Å². The van der Waals surface area contributed by atoms with Crippen molar-refractivity contribution in [2.75, 3.05) is 0 Å². The fourth-order valence-corrected chi connectivity index (χ4v) is 13.5. The maximum Gasteiger partial charge on any atom is 0.0434 e. The average molecular weight is 913 g/mol. The molecule has 10 aromatic carbocycles. The van der Waals surface area contributed by atoms with Gasteiger partial charge in [-0.1, -0.05) is 227 Å². The highest BCUT2D eigenvalue weighted by Gasteiger charge is 2.19. The van der Waals surface area contributed by atoms with Gasteiger partial charge in [0.25, 0.3) is 0 Å². The number of hydrogen-bond acceptors (Lipinski definition) is 3. The van der Waals surface area contributed by atoms with Crippen molar-refractivity contribution in [3.8, 4) is 44.5 Å². The maximum atomic E-state index is 3.56. The van der Waals surface area contributed by atoms with E-state index in [4.69, 9.17) is 0 Å². The predicted molar refractivity (Wildman–Crippen MR) is 303 cm³/mol. The molecule has 322 valence electrons. The second-order valence-electron chi connectivity index (χ2n) is 17.2. The van der Waals surface area contributed by atoms with Gasteiger partial charge in [0.15, 0.2) is 0 Å². The zero-order chi connectivity index (χ0) is 45.6. The highest BCUT2D eigenvalue weighted by molar-refractivity contribution is 7.27. The molecular weight excluding hydrogens is 865 g/mol. The number of thiophene rings is 3. The van der Waals surface area contributed by atoms with Crippen LogP contribution in [-0.2, 0) is 0 Å². The monoisotopic (exact) mass is 912 g/mol. The molecule has 0 N–H and O–H groups in total. The third-order valence-corrected chi connectivity index (χ3v) is 16.4. The fourth-order valence-electron chi connectivity index (χ4n) is 9.72. The number of rotatable bonds is 5. The molecule has 0 atom stereocenters. The van der Waals surface area contributed by atoms with Gasteiger partial charge in [0, 0.05) is 82.8 Å². The predicted octanol–water partition coefficient (Wildman–Crippen LogP) is 20.9. The van der Waals surface area contributed by atoms with Crippen LogP contribution < -0.4 is 0 Å². The Bertz CT molecular complexity index is 3790. The molecule has 3 heterocycles. The van der Waals surface area contributed by atoms with Gasteiger partial charge in [0.05, 0.1) is 0 Å². The molecule has 0 saturated heterocycles. The molecular formula is C64H48S3. The maximum absolute atomic E-state index is 3.56. The van der Waals surface area contributed by atoms with Crippen LogP contribution in [0.15, 0.2) is 219 Å². The minimum absolute atomic E-state index is 1.02. The van der Waals surface area contributed by atoms with Gasteiger partial charge >= 0.3 is 0 Å². The lowest BCUT2D eigenvalue weighted by Gasteiger charge is -2.13. The van der Waals surface area contributed by atoms with Crippen molar-refractivity contribution in [2.24, 2.45) is 0 Å². The first-order chi connectivity index (χ1) is 33.0. The molecule has 0 unspecified atom stereocenters. The third kappa shape index (κ3) is 7.35. The highest BCUT2D eigenvalue weighted by Crippen LogP contribution is 2.49. The Hall–Kier alpha value is -7.14. The van der Waals surface area contributed by atoms with Gasteiger partial charge in [0.2, 0.25) is 0 Å². The Morgan fingerprint density at radius 3 is 0.851 bits per heavy atom. The minimum atomic E-state index is 1.02. The van der Waals surface area contributed by atoms with E-state index >= 15 is 0 Å². The normalized spacial score (nSPS) is 11.4.